The summed E-state index contributed by atoms with van der Waals surface area (Å²) in [6.07, 6.45) is -4.34. The van der Waals surface area contributed by atoms with Gasteiger partial charge in [-0.3, -0.25) is 9.59 Å². The number of benzene rings is 2. The number of hydrogen-bond acceptors (Lipinski definition) is 4. The van der Waals surface area contributed by atoms with Crippen molar-refractivity contribution in [1.29, 1.82) is 0 Å². The number of aryl methyl sites for hydroxylation is 1. The van der Waals surface area contributed by atoms with Crippen LogP contribution in [0.15, 0.2) is 54.7 Å². The molecule has 0 unspecified atom stereocenters. The zero-order valence-electron chi connectivity index (χ0n) is 19.9. The Bertz CT molecular complexity index is 1370. The van der Waals surface area contributed by atoms with Crippen LogP contribution >= 0.6 is 0 Å². The van der Waals surface area contributed by atoms with Gasteiger partial charge < -0.3 is 16.0 Å². The molecule has 1 heterocycles. The molecule has 38 heavy (non-hydrogen) atoms. The maximum absolute atomic E-state index is 13.9. The summed E-state index contributed by atoms with van der Waals surface area (Å²) in [4.78, 5) is 29.7. The minimum Gasteiger partial charge on any atom is -0.352 e. The topological polar surface area (TPSA) is 83.1 Å². The number of carbonyl (C=O) groups is 2. The third kappa shape index (κ3) is 6.42. The van der Waals surface area contributed by atoms with Gasteiger partial charge in [-0.15, -0.1) is 0 Å². The fourth-order valence-electron chi connectivity index (χ4n) is 3.97. The number of para-hydroxylation sites is 1. The lowest BCUT2D eigenvalue weighted by Gasteiger charge is -2.34. The second kappa shape index (κ2) is 10.3. The number of carbonyl (C=O) groups excluding carboxylic acids is 2. The maximum Gasteiger partial charge on any atom is 0.416 e. The fourth-order valence-corrected chi connectivity index (χ4v) is 3.97. The summed E-state index contributed by atoms with van der Waals surface area (Å²) < 4.78 is 79.4. The van der Waals surface area contributed by atoms with Crippen LogP contribution in [0, 0.1) is 18.7 Å². The van der Waals surface area contributed by atoms with Crippen molar-refractivity contribution in [3.63, 3.8) is 0 Å². The van der Waals surface area contributed by atoms with E-state index in [0.717, 1.165) is 5.56 Å². The molecule has 1 aliphatic rings. The average molecular weight is 536 g/mol. The van der Waals surface area contributed by atoms with Gasteiger partial charge in [-0.2, -0.15) is 13.2 Å². The summed E-state index contributed by atoms with van der Waals surface area (Å²) in [7, 11) is 0. The molecule has 2 aromatic carbocycles. The summed E-state index contributed by atoms with van der Waals surface area (Å²) in [5.74, 6) is -6.01. The second-order valence-corrected chi connectivity index (χ2v) is 9.08. The molecule has 200 valence electrons. The van der Waals surface area contributed by atoms with E-state index >= 15 is 0 Å². The van der Waals surface area contributed by atoms with Crippen LogP contribution in [0.1, 0.15) is 44.7 Å². The van der Waals surface area contributed by atoms with E-state index in [9.17, 15) is 35.9 Å². The first-order valence-electron chi connectivity index (χ1n) is 11.5. The van der Waals surface area contributed by atoms with E-state index in [4.69, 9.17) is 0 Å². The van der Waals surface area contributed by atoms with Crippen molar-refractivity contribution in [3.8, 4) is 0 Å². The van der Waals surface area contributed by atoms with Crippen LogP contribution in [0.25, 0.3) is 0 Å². The van der Waals surface area contributed by atoms with Crippen molar-refractivity contribution >= 4 is 29.0 Å². The Labute approximate surface area is 213 Å². The summed E-state index contributed by atoms with van der Waals surface area (Å²) in [5, 5.41) is 7.92. The van der Waals surface area contributed by atoms with Crippen LogP contribution in [0.5, 0.6) is 0 Å². The standard InChI is InChI=1S/C26H22F6N4O2/c1-14-4-2-3-5-20(14)35-22-21(36-24(38)16-6-18(26(30,31)32)9-19(27)7-16)8-17(13-33-22)23(37)34-12-15-10-25(28,29)11-15/h2-9,13,15H,10-12H2,1H3,(H,33,35)(H,34,37)(H,36,38). The van der Waals surface area contributed by atoms with Crippen LogP contribution in [0.2, 0.25) is 0 Å². The number of anilines is 3. The molecule has 0 saturated heterocycles. The maximum atomic E-state index is 13.9. The highest BCUT2D eigenvalue weighted by Crippen LogP contribution is 2.42. The number of aromatic nitrogens is 1. The molecule has 2 amide bonds. The number of amides is 2. The van der Waals surface area contributed by atoms with Gasteiger partial charge in [-0.1, -0.05) is 18.2 Å². The van der Waals surface area contributed by atoms with Crippen molar-refractivity contribution in [2.24, 2.45) is 5.92 Å². The average Bonchev–Trinajstić information content (AvgIpc) is 2.82. The Morgan fingerprint density at radius 3 is 2.37 bits per heavy atom. The Morgan fingerprint density at radius 2 is 1.71 bits per heavy atom. The molecule has 0 atom stereocenters. The lowest BCUT2D eigenvalue weighted by atomic mass is 9.81. The first-order chi connectivity index (χ1) is 17.8. The molecule has 1 saturated carbocycles. The Morgan fingerprint density at radius 1 is 1.00 bits per heavy atom. The van der Waals surface area contributed by atoms with Gasteiger partial charge in [0.1, 0.15) is 5.82 Å². The van der Waals surface area contributed by atoms with Gasteiger partial charge in [-0.05, 0) is 48.7 Å². The normalized spacial score (nSPS) is 14.9. The molecule has 1 aromatic heterocycles. The quantitative estimate of drug-likeness (QED) is 0.309. The highest BCUT2D eigenvalue weighted by Gasteiger charge is 2.45. The third-order valence-corrected chi connectivity index (χ3v) is 6.01. The molecule has 0 bridgehead atoms. The van der Waals surface area contributed by atoms with E-state index in [2.05, 4.69) is 20.9 Å². The highest BCUT2D eigenvalue weighted by molar-refractivity contribution is 6.07. The van der Waals surface area contributed by atoms with Crippen LogP contribution in [0.3, 0.4) is 0 Å². The minimum atomic E-state index is -4.88. The molecule has 0 aliphatic heterocycles. The van der Waals surface area contributed by atoms with Crippen molar-refractivity contribution in [2.45, 2.75) is 31.9 Å². The van der Waals surface area contributed by atoms with E-state index in [0.29, 0.717) is 17.8 Å². The van der Waals surface area contributed by atoms with Gasteiger partial charge in [0.25, 0.3) is 11.8 Å². The van der Waals surface area contributed by atoms with Crippen LogP contribution < -0.4 is 16.0 Å². The van der Waals surface area contributed by atoms with Gasteiger partial charge in [0, 0.05) is 36.8 Å². The molecule has 1 aliphatic carbocycles. The molecule has 12 heteroatoms. The Hall–Kier alpha value is -4.09. The van der Waals surface area contributed by atoms with E-state index < -0.39 is 40.9 Å². The number of halogens is 6. The Kier molecular flexibility index (Phi) is 7.34. The van der Waals surface area contributed by atoms with Crippen molar-refractivity contribution in [3.05, 3.63) is 82.8 Å². The van der Waals surface area contributed by atoms with Crippen LogP contribution in [0.4, 0.5) is 43.5 Å². The number of nitrogens with one attached hydrogen (secondary N) is 3. The molecule has 1 fully saturated rings. The number of pyridine rings is 1. The predicted octanol–water partition coefficient (Wildman–Crippen LogP) is 6.32. The summed E-state index contributed by atoms with van der Waals surface area (Å²) >= 11 is 0. The minimum absolute atomic E-state index is 0.0167. The lowest BCUT2D eigenvalue weighted by molar-refractivity contribution is -0.137. The molecular formula is C26H22F6N4O2. The number of rotatable bonds is 7. The molecule has 4 rings (SSSR count). The zero-order valence-corrected chi connectivity index (χ0v) is 19.9. The molecular weight excluding hydrogens is 514 g/mol. The smallest absolute Gasteiger partial charge is 0.352 e. The van der Waals surface area contributed by atoms with Crippen molar-refractivity contribution in [2.75, 3.05) is 17.2 Å². The van der Waals surface area contributed by atoms with Crippen molar-refractivity contribution < 1.29 is 35.9 Å². The SMILES string of the molecule is Cc1ccccc1Nc1ncc(C(=O)NCC2CC(F)(F)C2)cc1NC(=O)c1cc(F)cc(C(F)(F)F)c1. The molecule has 3 N–H and O–H groups in total. The summed E-state index contributed by atoms with van der Waals surface area (Å²) in [6.45, 7) is 1.82. The molecule has 3 aromatic rings. The second-order valence-electron chi connectivity index (χ2n) is 9.08. The van der Waals surface area contributed by atoms with Gasteiger partial charge in [0.15, 0.2) is 5.82 Å². The van der Waals surface area contributed by atoms with E-state index in [-0.39, 0.29) is 48.4 Å². The summed E-state index contributed by atoms with van der Waals surface area (Å²) in [5.41, 5.74) is -0.626. The third-order valence-electron chi connectivity index (χ3n) is 6.01. The highest BCUT2D eigenvalue weighted by atomic mass is 19.4. The van der Waals surface area contributed by atoms with Gasteiger partial charge in [0.2, 0.25) is 5.92 Å². The molecule has 0 radical (unpaired) electrons. The molecule has 0 spiro atoms. The van der Waals surface area contributed by atoms with Crippen LogP contribution in [-0.2, 0) is 6.18 Å². The number of hydrogen-bond donors (Lipinski definition) is 3. The lowest BCUT2D eigenvalue weighted by Crippen LogP contribution is -2.42. The van der Waals surface area contributed by atoms with Gasteiger partial charge in [-0.25, -0.2) is 18.2 Å². The first kappa shape index (κ1) is 27.0. The van der Waals surface area contributed by atoms with Gasteiger partial charge >= 0.3 is 6.18 Å². The number of nitrogens with zero attached hydrogens (tertiary/aromatic N) is 1. The monoisotopic (exact) mass is 536 g/mol. The van der Waals surface area contributed by atoms with Gasteiger partial charge in [0.05, 0.1) is 16.8 Å². The van der Waals surface area contributed by atoms with Crippen molar-refractivity contribution in [1.82, 2.24) is 10.3 Å². The molecule has 6 nitrogen and oxygen atoms in total. The predicted molar refractivity (Wildman–Crippen MR) is 128 cm³/mol. The van der Waals surface area contributed by atoms with E-state index in [1.807, 2.05) is 0 Å². The zero-order chi connectivity index (χ0) is 27.7. The summed E-state index contributed by atoms with van der Waals surface area (Å²) in [6, 6.07) is 9.72. The van der Waals surface area contributed by atoms with Crippen LogP contribution in [-0.4, -0.2) is 29.3 Å². The van der Waals surface area contributed by atoms with E-state index in [1.165, 1.54) is 12.3 Å². The first-order valence-corrected chi connectivity index (χ1v) is 11.5. The largest absolute Gasteiger partial charge is 0.416 e. The number of alkyl halides is 5. The fraction of sp³-hybridized carbons (Fsp3) is 0.269. The van der Waals surface area contributed by atoms with E-state index in [1.54, 1.807) is 31.2 Å². The Balaban J connectivity index is 1.60.